The number of hydrogen-bond acceptors (Lipinski definition) is 5. The molecule has 0 aliphatic carbocycles. The van der Waals surface area contributed by atoms with E-state index >= 15 is 0 Å². The fraction of sp³-hybridized carbons (Fsp3) is 0.385. The number of nitrogens with zero attached hydrogens (tertiary/aromatic N) is 1. The van der Waals surface area contributed by atoms with Crippen LogP contribution in [0.3, 0.4) is 0 Å². The third kappa shape index (κ3) is 1.98. The Morgan fingerprint density at radius 2 is 2.21 bits per heavy atom. The topological polar surface area (TPSA) is 76.1 Å². The fourth-order valence-electron chi connectivity index (χ4n) is 2.26. The molecular formula is C13H13NO5. The number of fused-ring (bicyclic) bond motifs is 1. The highest BCUT2D eigenvalue weighted by molar-refractivity contribution is 5.98. The van der Waals surface area contributed by atoms with Gasteiger partial charge in [0, 0.05) is 12.2 Å². The summed E-state index contributed by atoms with van der Waals surface area (Å²) in [4.78, 5) is 28.9. The summed E-state index contributed by atoms with van der Waals surface area (Å²) < 4.78 is 5.09. The van der Waals surface area contributed by atoms with Crippen molar-refractivity contribution in [2.45, 2.75) is 12.6 Å². The van der Waals surface area contributed by atoms with Crippen LogP contribution in [0.5, 0.6) is 0 Å². The first-order chi connectivity index (χ1) is 9.18. The van der Waals surface area contributed by atoms with Gasteiger partial charge in [-0.1, -0.05) is 18.2 Å². The molecule has 0 aromatic heterocycles. The lowest BCUT2D eigenvalue weighted by Gasteiger charge is -2.20. The van der Waals surface area contributed by atoms with Crippen LogP contribution in [-0.2, 0) is 14.4 Å². The van der Waals surface area contributed by atoms with Crippen molar-refractivity contribution in [2.75, 3.05) is 13.2 Å². The van der Waals surface area contributed by atoms with Crippen LogP contribution in [-0.4, -0.2) is 35.3 Å². The van der Waals surface area contributed by atoms with E-state index in [0.717, 1.165) is 5.06 Å². The second-order valence-electron chi connectivity index (χ2n) is 4.56. The summed E-state index contributed by atoms with van der Waals surface area (Å²) in [5.74, 6) is -1.42. The van der Waals surface area contributed by atoms with Crippen molar-refractivity contribution in [3.05, 3.63) is 35.4 Å². The van der Waals surface area contributed by atoms with Gasteiger partial charge in [0.2, 0.25) is 0 Å². The van der Waals surface area contributed by atoms with Gasteiger partial charge in [0.15, 0.2) is 6.23 Å². The Labute approximate surface area is 109 Å². The molecule has 1 saturated heterocycles. The average molecular weight is 263 g/mol. The number of rotatable bonds is 2. The van der Waals surface area contributed by atoms with Gasteiger partial charge in [0.1, 0.15) is 0 Å². The number of hydrogen-bond donors (Lipinski definition) is 1. The molecule has 1 aromatic rings. The Balaban J connectivity index is 1.76. The molecule has 2 aliphatic heterocycles. The molecule has 0 spiro atoms. The zero-order valence-electron chi connectivity index (χ0n) is 10.1. The Bertz CT molecular complexity index is 524. The zero-order valence-corrected chi connectivity index (χ0v) is 10.1. The monoisotopic (exact) mass is 263 g/mol. The first kappa shape index (κ1) is 12.1. The Hall–Kier alpha value is -1.92. The molecule has 6 heteroatoms. The molecule has 1 aromatic carbocycles. The van der Waals surface area contributed by atoms with Gasteiger partial charge in [-0.2, -0.15) is 0 Å². The number of hydroxylamine groups is 2. The van der Waals surface area contributed by atoms with Crippen LogP contribution in [0.15, 0.2) is 24.3 Å². The van der Waals surface area contributed by atoms with Crippen molar-refractivity contribution in [3.63, 3.8) is 0 Å². The quantitative estimate of drug-likeness (QED) is 0.846. The van der Waals surface area contributed by atoms with Gasteiger partial charge in [0.05, 0.1) is 18.1 Å². The van der Waals surface area contributed by atoms with E-state index in [2.05, 4.69) is 0 Å². The standard InChI is InChI=1S/C13H13NO5/c15-11-9-3-1-2-4-10(9)12(16)14(11)19-13(17)8-5-6-18-7-8/h1-4,8,11,15H,5-7H2. The van der Waals surface area contributed by atoms with Crippen molar-refractivity contribution in [1.29, 1.82) is 0 Å². The summed E-state index contributed by atoms with van der Waals surface area (Å²) in [5.41, 5.74) is 0.799. The molecular weight excluding hydrogens is 250 g/mol. The van der Waals surface area contributed by atoms with Gasteiger partial charge in [0.25, 0.3) is 5.91 Å². The maximum Gasteiger partial charge on any atom is 0.338 e. The van der Waals surface area contributed by atoms with Crippen LogP contribution in [0, 0.1) is 5.92 Å². The molecule has 2 atom stereocenters. The number of aliphatic hydroxyl groups is 1. The summed E-state index contributed by atoms with van der Waals surface area (Å²) >= 11 is 0. The van der Waals surface area contributed by atoms with E-state index < -0.39 is 18.1 Å². The third-order valence-electron chi connectivity index (χ3n) is 3.34. The van der Waals surface area contributed by atoms with Crippen molar-refractivity contribution in [2.24, 2.45) is 5.92 Å². The summed E-state index contributed by atoms with van der Waals surface area (Å²) in [7, 11) is 0. The van der Waals surface area contributed by atoms with E-state index in [-0.39, 0.29) is 5.92 Å². The fourth-order valence-corrected chi connectivity index (χ4v) is 2.26. The average Bonchev–Trinajstić information content (AvgIpc) is 3.03. The molecule has 1 N–H and O–H groups in total. The normalized spacial score (nSPS) is 25.5. The number of ether oxygens (including phenoxy) is 1. The number of amides is 1. The SMILES string of the molecule is O=C(ON1C(=O)c2ccccc2C1O)C1CCOC1. The second kappa shape index (κ2) is 4.64. The molecule has 19 heavy (non-hydrogen) atoms. The lowest BCUT2D eigenvalue weighted by Crippen LogP contribution is -2.34. The van der Waals surface area contributed by atoms with Gasteiger partial charge in [-0.15, -0.1) is 5.06 Å². The molecule has 3 rings (SSSR count). The van der Waals surface area contributed by atoms with E-state index in [1.807, 2.05) is 0 Å². The minimum atomic E-state index is -1.24. The lowest BCUT2D eigenvalue weighted by atomic mass is 10.1. The van der Waals surface area contributed by atoms with Gasteiger partial charge >= 0.3 is 5.97 Å². The number of benzene rings is 1. The lowest BCUT2D eigenvalue weighted by molar-refractivity contribution is -0.212. The van der Waals surface area contributed by atoms with Gasteiger partial charge in [-0.25, -0.2) is 4.79 Å². The maximum absolute atomic E-state index is 12.0. The predicted octanol–water partition coefficient (Wildman–Crippen LogP) is 0.628. The largest absolute Gasteiger partial charge is 0.381 e. The van der Waals surface area contributed by atoms with Crippen LogP contribution in [0.2, 0.25) is 0 Å². The van der Waals surface area contributed by atoms with Crippen LogP contribution in [0.25, 0.3) is 0 Å². The summed E-state index contributed by atoms with van der Waals surface area (Å²) in [5, 5.41) is 10.7. The second-order valence-corrected chi connectivity index (χ2v) is 4.56. The first-order valence-electron chi connectivity index (χ1n) is 6.08. The molecule has 1 amide bonds. The number of carbonyl (C=O) groups is 2. The molecule has 100 valence electrons. The highest BCUT2D eigenvalue weighted by Crippen LogP contribution is 2.32. The van der Waals surface area contributed by atoms with E-state index in [0.29, 0.717) is 30.8 Å². The smallest absolute Gasteiger partial charge is 0.338 e. The summed E-state index contributed by atoms with van der Waals surface area (Å²) in [6, 6.07) is 6.63. The van der Waals surface area contributed by atoms with Crippen LogP contribution in [0.4, 0.5) is 0 Å². The molecule has 2 heterocycles. The number of aliphatic hydroxyl groups excluding tert-OH is 1. The van der Waals surface area contributed by atoms with Crippen LogP contribution >= 0.6 is 0 Å². The maximum atomic E-state index is 12.0. The minimum Gasteiger partial charge on any atom is -0.381 e. The number of carbonyl (C=O) groups excluding carboxylic acids is 2. The molecule has 0 saturated carbocycles. The van der Waals surface area contributed by atoms with Crippen LogP contribution in [0.1, 0.15) is 28.6 Å². The van der Waals surface area contributed by atoms with Crippen molar-refractivity contribution in [1.82, 2.24) is 5.06 Å². The highest BCUT2D eigenvalue weighted by atomic mass is 16.7. The molecule has 1 fully saturated rings. The van der Waals surface area contributed by atoms with Crippen molar-refractivity contribution >= 4 is 11.9 Å². The minimum absolute atomic E-state index is 0.296. The Kier molecular flexibility index (Phi) is 2.96. The Morgan fingerprint density at radius 1 is 1.42 bits per heavy atom. The summed E-state index contributed by atoms with van der Waals surface area (Å²) in [6.45, 7) is 0.806. The third-order valence-corrected chi connectivity index (χ3v) is 3.34. The van der Waals surface area contributed by atoms with Gasteiger partial charge in [-0.05, 0) is 12.5 Å². The molecule has 2 aliphatic rings. The van der Waals surface area contributed by atoms with Gasteiger partial charge < -0.3 is 14.7 Å². The predicted molar refractivity (Wildman–Crippen MR) is 62.6 cm³/mol. The van der Waals surface area contributed by atoms with E-state index in [1.165, 1.54) is 0 Å². The molecule has 0 bridgehead atoms. The van der Waals surface area contributed by atoms with Crippen LogP contribution < -0.4 is 0 Å². The highest BCUT2D eigenvalue weighted by Gasteiger charge is 2.40. The zero-order chi connectivity index (χ0) is 13.4. The van der Waals surface area contributed by atoms with E-state index in [9.17, 15) is 14.7 Å². The molecule has 2 unspecified atom stereocenters. The molecule has 0 radical (unpaired) electrons. The van der Waals surface area contributed by atoms with Crippen molar-refractivity contribution < 1.29 is 24.3 Å². The van der Waals surface area contributed by atoms with Gasteiger partial charge in [-0.3, -0.25) is 4.79 Å². The summed E-state index contributed by atoms with van der Waals surface area (Å²) in [6.07, 6.45) is -0.667. The first-order valence-corrected chi connectivity index (χ1v) is 6.08. The van der Waals surface area contributed by atoms with E-state index in [1.54, 1.807) is 24.3 Å². The van der Waals surface area contributed by atoms with E-state index in [4.69, 9.17) is 9.57 Å². The Morgan fingerprint density at radius 3 is 2.89 bits per heavy atom. The molecule has 6 nitrogen and oxygen atoms in total. The van der Waals surface area contributed by atoms with Crippen molar-refractivity contribution in [3.8, 4) is 0 Å².